The van der Waals surface area contributed by atoms with Crippen molar-refractivity contribution in [2.45, 2.75) is 38.8 Å². The second-order valence-electron chi connectivity index (χ2n) is 7.14. The maximum Gasteiger partial charge on any atom is 0.0702 e. The maximum atomic E-state index is 5.84. The summed E-state index contributed by atoms with van der Waals surface area (Å²) in [5, 5.41) is 3.36. The third-order valence-corrected chi connectivity index (χ3v) is 4.27. The summed E-state index contributed by atoms with van der Waals surface area (Å²) in [6.45, 7) is 11.4. The Morgan fingerprint density at radius 1 is 1.32 bits per heavy atom. The van der Waals surface area contributed by atoms with Gasteiger partial charge in [0.2, 0.25) is 0 Å². The molecule has 0 amide bonds. The van der Waals surface area contributed by atoms with Crippen LogP contribution in [0.1, 0.15) is 26.7 Å². The van der Waals surface area contributed by atoms with Crippen molar-refractivity contribution >= 4 is 0 Å². The molecule has 2 unspecified atom stereocenters. The average molecular weight is 269 g/mol. The summed E-state index contributed by atoms with van der Waals surface area (Å²) in [6, 6.07) is 0.598. The Morgan fingerprint density at radius 3 is 2.74 bits per heavy atom. The quantitative estimate of drug-likeness (QED) is 0.825. The molecule has 19 heavy (non-hydrogen) atoms. The molecule has 2 saturated heterocycles. The molecule has 0 aromatic carbocycles. The first kappa shape index (κ1) is 15.2. The standard InChI is InChI=1S/C15H31N3O/c1-15(2)11-17(4)9-13(8-16-3)18(12-15)10-14-6-5-7-19-14/h13-14,16H,5-12H2,1-4H3. The fourth-order valence-electron chi connectivity index (χ4n) is 3.69. The first-order valence-electron chi connectivity index (χ1n) is 7.69. The number of hydrogen-bond donors (Lipinski definition) is 1. The number of likely N-dealkylation sites (N-methyl/N-ethyl adjacent to an activating group) is 2. The van der Waals surface area contributed by atoms with Gasteiger partial charge in [0.15, 0.2) is 0 Å². The van der Waals surface area contributed by atoms with Gasteiger partial charge in [0.05, 0.1) is 6.10 Å². The lowest BCUT2D eigenvalue weighted by molar-refractivity contribution is 0.0481. The normalized spacial score (nSPS) is 33.5. The van der Waals surface area contributed by atoms with E-state index >= 15 is 0 Å². The minimum atomic E-state index is 0.357. The molecule has 0 aromatic rings. The minimum Gasteiger partial charge on any atom is -0.377 e. The number of hydrogen-bond acceptors (Lipinski definition) is 4. The van der Waals surface area contributed by atoms with Crippen LogP contribution >= 0.6 is 0 Å². The van der Waals surface area contributed by atoms with Gasteiger partial charge in [-0.15, -0.1) is 0 Å². The van der Waals surface area contributed by atoms with Crippen molar-refractivity contribution in [3.8, 4) is 0 Å². The highest BCUT2D eigenvalue weighted by Gasteiger charge is 2.34. The van der Waals surface area contributed by atoms with Crippen molar-refractivity contribution in [1.82, 2.24) is 15.1 Å². The Hall–Kier alpha value is -0.160. The minimum absolute atomic E-state index is 0.357. The lowest BCUT2D eigenvalue weighted by Gasteiger charge is -2.35. The van der Waals surface area contributed by atoms with Crippen LogP contribution in [0.5, 0.6) is 0 Å². The summed E-state index contributed by atoms with van der Waals surface area (Å²) in [6.07, 6.45) is 2.93. The van der Waals surface area contributed by atoms with E-state index in [0.717, 1.165) is 26.2 Å². The van der Waals surface area contributed by atoms with Crippen LogP contribution < -0.4 is 5.32 Å². The number of ether oxygens (including phenoxy) is 1. The molecule has 1 N–H and O–H groups in total. The van der Waals surface area contributed by atoms with Crippen LogP contribution in [0.2, 0.25) is 0 Å². The van der Waals surface area contributed by atoms with Crippen LogP contribution in [0.3, 0.4) is 0 Å². The third kappa shape index (κ3) is 4.42. The van der Waals surface area contributed by atoms with Crippen LogP contribution in [0.4, 0.5) is 0 Å². The number of rotatable bonds is 4. The predicted octanol–water partition coefficient (Wildman–Crippen LogP) is 1.03. The van der Waals surface area contributed by atoms with Crippen LogP contribution in [-0.2, 0) is 4.74 Å². The molecule has 2 rings (SSSR count). The molecule has 112 valence electrons. The Labute approximate surface area is 118 Å². The highest BCUT2D eigenvalue weighted by molar-refractivity contribution is 4.89. The fourth-order valence-corrected chi connectivity index (χ4v) is 3.69. The Bertz CT molecular complexity index is 277. The van der Waals surface area contributed by atoms with E-state index in [1.54, 1.807) is 0 Å². The smallest absolute Gasteiger partial charge is 0.0702 e. The molecule has 0 saturated carbocycles. The van der Waals surface area contributed by atoms with E-state index in [0.29, 0.717) is 17.6 Å². The first-order valence-corrected chi connectivity index (χ1v) is 7.69. The van der Waals surface area contributed by atoms with E-state index in [4.69, 9.17) is 4.74 Å². The van der Waals surface area contributed by atoms with E-state index in [-0.39, 0.29) is 0 Å². The van der Waals surface area contributed by atoms with Gasteiger partial charge < -0.3 is 15.0 Å². The Morgan fingerprint density at radius 2 is 2.11 bits per heavy atom. The lowest BCUT2D eigenvalue weighted by Crippen LogP contribution is -2.49. The zero-order chi connectivity index (χ0) is 13.9. The van der Waals surface area contributed by atoms with Crippen molar-refractivity contribution in [3.63, 3.8) is 0 Å². The van der Waals surface area contributed by atoms with Crippen molar-refractivity contribution in [2.75, 3.05) is 53.4 Å². The first-order chi connectivity index (χ1) is 9.00. The van der Waals surface area contributed by atoms with E-state index in [1.807, 2.05) is 0 Å². The van der Waals surface area contributed by atoms with Gasteiger partial charge in [-0.2, -0.15) is 0 Å². The summed E-state index contributed by atoms with van der Waals surface area (Å²) in [4.78, 5) is 5.15. The molecular weight excluding hydrogens is 238 g/mol. The van der Waals surface area contributed by atoms with Gasteiger partial charge in [-0.1, -0.05) is 13.8 Å². The molecule has 4 heteroatoms. The predicted molar refractivity (Wildman–Crippen MR) is 79.5 cm³/mol. The van der Waals surface area contributed by atoms with Gasteiger partial charge in [0.25, 0.3) is 0 Å². The lowest BCUT2D eigenvalue weighted by atomic mass is 9.92. The molecule has 2 fully saturated rings. The largest absolute Gasteiger partial charge is 0.377 e. The molecule has 2 aliphatic rings. The second-order valence-corrected chi connectivity index (χ2v) is 7.14. The highest BCUT2D eigenvalue weighted by atomic mass is 16.5. The van der Waals surface area contributed by atoms with Crippen LogP contribution in [0.15, 0.2) is 0 Å². The molecule has 0 radical (unpaired) electrons. The van der Waals surface area contributed by atoms with Gasteiger partial charge in [-0.25, -0.2) is 0 Å². The molecule has 0 spiro atoms. The van der Waals surface area contributed by atoms with Crippen molar-refractivity contribution in [3.05, 3.63) is 0 Å². The summed E-state index contributed by atoms with van der Waals surface area (Å²) >= 11 is 0. The van der Waals surface area contributed by atoms with Crippen LogP contribution in [-0.4, -0.2) is 75.4 Å². The second kappa shape index (κ2) is 6.53. The van der Waals surface area contributed by atoms with E-state index in [9.17, 15) is 0 Å². The molecule has 0 aliphatic carbocycles. The van der Waals surface area contributed by atoms with Gasteiger partial charge in [0, 0.05) is 45.4 Å². The van der Waals surface area contributed by atoms with Crippen LogP contribution in [0, 0.1) is 5.41 Å². The summed E-state index contributed by atoms with van der Waals surface area (Å²) in [7, 11) is 4.31. The molecule has 0 aromatic heterocycles. The molecule has 0 bridgehead atoms. The fraction of sp³-hybridized carbons (Fsp3) is 1.00. The zero-order valence-corrected chi connectivity index (χ0v) is 13.1. The molecule has 2 aliphatic heterocycles. The summed E-state index contributed by atoms with van der Waals surface area (Å²) in [5.74, 6) is 0. The van der Waals surface area contributed by atoms with E-state index in [1.165, 1.54) is 25.9 Å². The molecular formula is C15H31N3O. The van der Waals surface area contributed by atoms with Crippen molar-refractivity contribution in [2.24, 2.45) is 5.41 Å². The van der Waals surface area contributed by atoms with Crippen molar-refractivity contribution < 1.29 is 4.74 Å². The summed E-state index contributed by atoms with van der Waals surface area (Å²) in [5.41, 5.74) is 0.357. The van der Waals surface area contributed by atoms with Gasteiger partial charge in [-0.3, -0.25) is 4.90 Å². The van der Waals surface area contributed by atoms with Gasteiger partial charge in [0.1, 0.15) is 0 Å². The Kier molecular flexibility index (Phi) is 5.23. The molecule has 4 nitrogen and oxygen atoms in total. The monoisotopic (exact) mass is 269 g/mol. The maximum absolute atomic E-state index is 5.84. The average Bonchev–Trinajstić information content (AvgIpc) is 2.75. The topological polar surface area (TPSA) is 27.7 Å². The van der Waals surface area contributed by atoms with Gasteiger partial charge in [-0.05, 0) is 32.4 Å². The van der Waals surface area contributed by atoms with Crippen LogP contribution in [0.25, 0.3) is 0 Å². The van der Waals surface area contributed by atoms with Gasteiger partial charge >= 0.3 is 0 Å². The highest BCUT2D eigenvalue weighted by Crippen LogP contribution is 2.25. The van der Waals surface area contributed by atoms with E-state index in [2.05, 4.69) is 43.1 Å². The number of nitrogens with zero attached hydrogens (tertiary/aromatic N) is 2. The summed E-state index contributed by atoms with van der Waals surface area (Å²) < 4.78 is 5.84. The SMILES string of the molecule is CNCC1CN(C)CC(C)(C)CN1CC1CCCO1. The van der Waals surface area contributed by atoms with E-state index < -0.39 is 0 Å². The van der Waals surface area contributed by atoms with Crippen molar-refractivity contribution in [1.29, 1.82) is 0 Å². The molecule has 2 atom stereocenters. The Balaban J connectivity index is 2.03. The third-order valence-electron chi connectivity index (χ3n) is 4.27. The zero-order valence-electron chi connectivity index (χ0n) is 13.1. The number of nitrogens with one attached hydrogen (secondary N) is 1. The molecule has 2 heterocycles.